The fourth-order valence-corrected chi connectivity index (χ4v) is 4.86. The van der Waals surface area contributed by atoms with Crippen LogP contribution in [-0.4, -0.2) is 49.4 Å². The molecule has 3 fully saturated rings. The van der Waals surface area contributed by atoms with E-state index < -0.39 is 0 Å². The SMILES string of the molecule is CN(C)C1NC(NC2CCC(C(N)=O)CC2)[NH2+]C2CCCCC21. The smallest absolute Gasteiger partial charge is 0.220 e. The number of amides is 1. The molecular formula is C17H34N5O+. The number of fused-ring (bicyclic) bond motifs is 1. The van der Waals surface area contributed by atoms with Crippen LogP contribution in [0.3, 0.4) is 0 Å². The van der Waals surface area contributed by atoms with Crippen molar-refractivity contribution in [3.63, 3.8) is 0 Å². The summed E-state index contributed by atoms with van der Waals surface area (Å²) in [5.41, 5.74) is 5.44. The van der Waals surface area contributed by atoms with Crippen molar-refractivity contribution in [3.8, 4) is 0 Å². The third-order valence-corrected chi connectivity index (χ3v) is 6.17. The second-order valence-corrected chi connectivity index (χ2v) is 7.97. The molecule has 6 nitrogen and oxygen atoms in total. The summed E-state index contributed by atoms with van der Waals surface area (Å²) in [5, 5.41) is 10.1. The first-order chi connectivity index (χ1) is 11.0. The second-order valence-electron chi connectivity index (χ2n) is 7.97. The minimum Gasteiger partial charge on any atom is -0.369 e. The second kappa shape index (κ2) is 7.47. The summed E-state index contributed by atoms with van der Waals surface area (Å²) in [6.45, 7) is 0. The van der Waals surface area contributed by atoms with E-state index in [1.165, 1.54) is 25.7 Å². The summed E-state index contributed by atoms with van der Waals surface area (Å²) >= 11 is 0. The Hall–Kier alpha value is -0.690. The molecule has 4 atom stereocenters. The third kappa shape index (κ3) is 4.05. The van der Waals surface area contributed by atoms with Crippen LogP contribution in [0.1, 0.15) is 51.4 Å². The summed E-state index contributed by atoms with van der Waals surface area (Å²) in [7, 11) is 4.37. The van der Waals surface area contributed by atoms with Gasteiger partial charge in [0.1, 0.15) is 0 Å². The Labute approximate surface area is 139 Å². The third-order valence-electron chi connectivity index (χ3n) is 6.17. The molecule has 1 aliphatic heterocycles. The van der Waals surface area contributed by atoms with Crippen molar-refractivity contribution in [2.75, 3.05) is 14.1 Å². The first-order valence-electron chi connectivity index (χ1n) is 9.37. The fraction of sp³-hybridized carbons (Fsp3) is 0.941. The van der Waals surface area contributed by atoms with Gasteiger partial charge < -0.3 is 11.1 Å². The van der Waals surface area contributed by atoms with E-state index in [0.717, 1.165) is 37.6 Å². The van der Waals surface area contributed by atoms with Crippen LogP contribution in [0, 0.1) is 11.8 Å². The maximum atomic E-state index is 11.3. The highest BCUT2D eigenvalue weighted by molar-refractivity contribution is 5.76. The molecule has 1 heterocycles. The Bertz CT molecular complexity index is 408. The van der Waals surface area contributed by atoms with Gasteiger partial charge in [0.2, 0.25) is 5.91 Å². The lowest BCUT2D eigenvalue weighted by Crippen LogP contribution is -3.06. The highest BCUT2D eigenvalue weighted by Crippen LogP contribution is 2.28. The predicted octanol–water partition coefficient (Wildman–Crippen LogP) is -0.483. The lowest BCUT2D eigenvalue weighted by Gasteiger charge is -2.46. The van der Waals surface area contributed by atoms with E-state index in [4.69, 9.17) is 5.73 Å². The monoisotopic (exact) mass is 324 g/mol. The molecule has 23 heavy (non-hydrogen) atoms. The number of nitrogens with zero attached hydrogens (tertiary/aromatic N) is 1. The minimum absolute atomic E-state index is 0.0913. The van der Waals surface area contributed by atoms with E-state index in [-0.39, 0.29) is 18.1 Å². The molecule has 0 spiro atoms. The normalized spacial score (nSPS) is 41.5. The van der Waals surface area contributed by atoms with Crippen molar-refractivity contribution in [3.05, 3.63) is 0 Å². The van der Waals surface area contributed by atoms with Crippen LogP contribution in [0.4, 0.5) is 0 Å². The molecular weight excluding hydrogens is 290 g/mol. The van der Waals surface area contributed by atoms with Crippen LogP contribution in [0.25, 0.3) is 0 Å². The van der Waals surface area contributed by atoms with Crippen molar-refractivity contribution in [1.82, 2.24) is 15.5 Å². The molecule has 1 saturated heterocycles. The maximum Gasteiger partial charge on any atom is 0.220 e. The molecule has 0 aromatic rings. The predicted molar refractivity (Wildman–Crippen MR) is 90.1 cm³/mol. The lowest BCUT2D eigenvalue weighted by atomic mass is 9.80. The zero-order valence-electron chi connectivity index (χ0n) is 14.6. The van der Waals surface area contributed by atoms with E-state index >= 15 is 0 Å². The standard InChI is InChI=1S/C17H33N5O/c1-22(2)16-13-5-3-4-6-14(13)20-17(21-16)19-12-9-7-11(8-10-12)15(18)23/h11-14,16-17,19-21H,3-10H2,1-2H3,(H2,18,23)/p+1. The molecule has 3 aliphatic rings. The fourth-order valence-electron chi connectivity index (χ4n) is 4.86. The van der Waals surface area contributed by atoms with Gasteiger partial charge in [0.05, 0.1) is 12.2 Å². The molecule has 0 radical (unpaired) electrons. The molecule has 1 amide bonds. The average molecular weight is 324 g/mol. The number of hydrogen-bond acceptors (Lipinski definition) is 4. The Morgan fingerprint density at radius 2 is 1.83 bits per heavy atom. The van der Waals surface area contributed by atoms with E-state index in [1.54, 1.807) is 0 Å². The average Bonchev–Trinajstić information content (AvgIpc) is 2.54. The van der Waals surface area contributed by atoms with E-state index in [9.17, 15) is 4.79 Å². The Balaban J connectivity index is 1.55. The minimum atomic E-state index is -0.122. The molecule has 6 heteroatoms. The first-order valence-corrected chi connectivity index (χ1v) is 9.37. The molecule has 6 N–H and O–H groups in total. The van der Waals surface area contributed by atoms with Gasteiger partial charge in [-0.05, 0) is 59.0 Å². The zero-order valence-corrected chi connectivity index (χ0v) is 14.6. The highest BCUT2D eigenvalue weighted by atomic mass is 16.1. The van der Waals surface area contributed by atoms with Crippen LogP contribution < -0.4 is 21.7 Å². The summed E-state index contributed by atoms with van der Waals surface area (Å²) in [6, 6.07) is 1.24. The zero-order chi connectivity index (χ0) is 16.4. The van der Waals surface area contributed by atoms with Gasteiger partial charge in [-0.2, -0.15) is 0 Å². The number of nitrogens with two attached hydrogens (primary N) is 2. The summed E-state index contributed by atoms with van der Waals surface area (Å²) < 4.78 is 0. The number of primary amides is 1. The quantitative estimate of drug-likeness (QED) is 0.562. The summed E-state index contributed by atoms with van der Waals surface area (Å²) in [6.07, 6.45) is 10.1. The van der Waals surface area contributed by atoms with Gasteiger partial charge in [-0.25, -0.2) is 5.32 Å². The van der Waals surface area contributed by atoms with E-state index in [2.05, 4.69) is 34.9 Å². The van der Waals surface area contributed by atoms with Gasteiger partial charge in [-0.15, -0.1) is 0 Å². The van der Waals surface area contributed by atoms with Crippen molar-refractivity contribution < 1.29 is 10.1 Å². The number of carbonyl (C=O) groups excluding carboxylic acids is 1. The Kier molecular flexibility index (Phi) is 5.57. The van der Waals surface area contributed by atoms with Crippen LogP contribution in [0.2, 0.25) is 0 Å². The topological polar surface area (TPSA) is 87.0 Å². The largest absolute Gasteiger partial charge is 0.369 e. The molecule has 2 saturated carbocycles. The number of hydrogen-bond donors (Lipinski definition) is 4. The maximum absolute atomic E-state index is 11.3. The van der Waals surface area contributed by atoms with Crippen LogP contribution in [-0.2, 0) is 4.79 Å². The van der Waals surface area contributed by atoms with E-state index in [0.29, 0.717) is 12.2 Å². The molecule has 0 bridgehead atoms. The summed E-state index contributed by atoms with van der Waals surface area (Å²) in [4.78, 5) is 13.6. The van der Waals surface area contributed by atoms with Crippen LogP contribution >= 0.6 is 0 Å². The van der Waals surface area contributed by atoms with Gasteiger partial charge in [0.15, 0.2) is 6.29 Å². The first kappa shape index (κ1) is 17.1. The number of carbonyl (C=O) groups is 1. The highest BCUT2D eigenvalue weighted by Gasteiger charge is 2.43. The number of quaternary nitrogens is 1. The molecule has 0 aromatic heterocycles. The number of rotatable bonds is 4. The molecule has 2 aliphatic carbocycles. The molecule has 3 rings (SSSR count). The summed E-state index contributed by atoms with van der Waals surface area (Å²) in [5.74, 6) is 0.722. The Morgan fingerprint density at radius 1 is 1.13 bits per heavy atom. The molecule has 4 unspecified atom stereocenters. The van der Waals surface area contributed by atoms with Crippen molar-refractivity contribution in [1.29, 1.82) is 0 Å². The number of nitrogens with one attached hydrogen (secondary N) is 2. The van der Waals surface area contributed by atoms with Crippen molar-refractivity contribution in [2.45, 2.75) is 75.9 Å². The van der Waals surface area contributed by atoms with E-state index in [1.807, 2.05) is 0 Å². The van der Waals surface area contributed by atoms with Gasteiger partial charge >= 0.3 is 0 Å². The van der Waals surface area contributed by atoms with Gasteiger partial charge in [0.25, 0.3) is 0 Å². The van der Waals surface area contributed by atoms with Crippen molar-refractivity contribution >= 4 is 5.91 Å². The molecule has 0 aromatic carbocycles. The van der Waals surface area contributed by atoms with Crippen LogP contribution in [0.15, 0.2) is 0 Å². The lowest BCUT2D eigenvalue weighted by molar-refractivity contribution is -0.751. The van der Waals surface area contributed by atoms with Gasteiger partial charge in [-0.3, -0.25) is 15.0 Å². The molecule has 132 valence electrons. The van der Waals surface area contributed by atoms with Gasteiger partial charge in [0, 0.05) is 17.9 Å². The Morgan fingerprint density at radius 3 is 2.48 bits per heavy atom. The van der Waals surface area contributed by atoms with Crippen molar-refractivity contribution in [2.24, 2.45) is 17.6 Å². The van der Waals surface area contributed by atoms with Crippen LogP contribution in [0.5, 0.6) is 0 Å². The van der Waals surface area contributed by atoms with Gasteiger partial charge in [-0.1, -0.05) is 6.42 Å².